The summed E-state index contributed by atoms with van der Waals surface area (Å²) >= 11 is 0. The van der Waals surface area contributed by atoms with Crippen LogP contribution in [0.15, 0.2) is 24.3 Å². The largest absolute Gasteiger partial charge is 0.492 e. The molecule has 0 radical (unpaired) electrons. The number of nitrogens with two attached hydrogens (primary N) is 1. The summed E-state index contributed by atoms with van der Waals surface area (Å²) in [7, 11) is 0. The van der Waals surface area contributed by atoms with Gasteiger partial charge in [-0.2, -0.15) is 5.10 Å². The molecule has 4 N–H and O–H groups in total. The number of aromatic nitrogens is 2. The average molecular weight is 288 g/mol. The number of anilines is 2. The molecule has 112 valence electrons. The Labute approximate surface area is 123 Å². The zero-order valence-corrected chi connectivity index (χ0v) is 12.4. The zero-order chi connectivity index (χ0) is 15.4. The van der Waals surface area contributed by atoms with Crippen molar-refractivity contribution in [2.45, 2.75) is 26.7 Å². The minimum atomic E-state index is -0.258. The molecule has 0 saturated heterocycles. The monoisotopic (exact) mass is 288 g/mol. The van der Waals surface area contributed by atoms with Crippen LogP contribution >= 0.6 is 0 Å². The number of hydrogen-bond acceptors (Lipinski definition) is 4. The van der Waals surface area contributed by atoms with Crippen molar-refractivity contribution in [2.24, 2.45) is 0 Å². The summed E-state index contributed by atoms with van der Waals surface area (Å²) in [5.74, 6) is 1.14. The fourth-order valence-electron chi connectivity index (χ4n) is 1.86. The van der Waals surface area contributed by atoms with Crippen molar-refractivity contribution in [2.75, 3.05) is 17.7 Å². The molecule has 6 nitrogen and oxygen atoms in total. The lowest BCUT2D eigenvalue weighted by Gasteiger charge is -2.08. The molecule has 0 aliphatic heterocycles. The predicted molar refractivity (Wildman–Crippen MR) is 82.7 cm³/mol. The fourth-order valence-corrected chi connectivity index (χ4v) is 1.86. The van der Waals surface area contributed by atoms with E-state index in [1.807, 2.05) is 26.8 Å². The lowest BCUT2D eigenvalue weighted by molar-refractivity contribution is 0.102. The van der Waals surface area contributed by atoms with Crippen LogP contribution in [0.4, 0.5) is 11.5 Å². The van der Waals surface area contributed by atoms with Gasteiger partial charge in [0.05, 0.1) is 12.3 Å². The Hall–Kier alpha value is -2.50. The van der Waals surface area contributed by atoms with E-state index < -0.39 is 0 Å². The van der Waals surface area contributed by atoms with Crippen molar-refractivity contribution in [1.29, 1.82) is 0 Å². The second-order valence-corrected chi connectivity index (χ2v) is 5.00. The highest BCUT2D eigenvalue weighted by atomic mass is 16.5. The molecular weight excluding hydrogens is 268 g/mol. The number of H-pyrrole nitrogens is 1. The Bertz CT molecular complexity index is 634. The molecule has 0 aliphatic carbocycles. The molecule has 0 saturated carbocycles. The fraction of sp³-hybridized carbons (Fsp3) is 0.333. The number of nitrogens with zero attached hydrogens (tertiary/aromatic N) is 1. The summed E-state index contributed by atoms with van der Waals surface area (Å²) in [6.07, 6.45) is 0. The van der Waals surface area contributed by atoms with Gasteiger partial charge in [0.2, 0.25) is 0 Å². The topological polar surface area (TPSA) is 93.0 Å². The van der Waals surface area contributed by atoms with Crippen molar-refractivity contribution in [3.05, 3.63) is 35.5 Å². The van der Waals surface area contributed by atoms with Crippen LogP contribution in [0.1, 0.15) is 42.7 Å². The first-order chi connectivity index (χ1) is 10.0. The third kappa shape index (κ3) is 3.53. The van der Waals surface area contributed by atoms with Crippen LogP contribution in [0.25, 0.3) is 0 Å². The first kappa shape index (κ1) is 14.9. The summed E-state index contributed by atoms with van der Waals surface area (Å²) in [6.45, 7) is 6.50. The molecule has 0 unspecified atom stereocenters. The summed E-state index contributed by atoms with van der Waals surface area (Å²) in [4.78, 5) is 12.2. The Morgan fingerprint density at radius 2 is 2.19 bits per heavy atom. The second kappa shape index (κ2) is 6.30. The number of ether oxygens (including phenoxy) is 1. The van der Waals surface area contributed by atoms with Gasteiger partial charge in [-0.1, -0.05) is 13.8 Å². The maximum absolute atomic E-state index is 12.2. The SMILES string of the molecule is CCOc1ccc(C(=O)Nc2cc(C(C)C)[nH]n2)cc1N. The van der Waals surface area contributed by atoms with E-state index in [1.165, 1.54) is 0 Å². The van der Waals surface area contributed by atoms with Crippen molar-refractivity contribution in [3.8, 4) is 5.75 Å². The molecule has 0 bridgehead atoms. The molecule has 2 aromatic rings. The van der Waals surface area contributed by atoms with E-state index in [0.717, 1.165) is 5.69 Å². The van der Waals surface area contributed by atoms with Gasteiger partial charge in [-0.15, -0.1) is 0 Å². The summed E-state index contributed by atoms with van der Waals surface area (Å²) < 4.78 is 5.35. The van der Waals surface area contributed by atoms with Gasteiger partial charge in [-0.05, 0) is 31.0 Å². The lowest BCUT2D eigenvalue weighted by atomic mass is 10.1. The van der Waals surface area contributed by atoms with Crippen LogP contribution in [-0.4, -0.2) is 22.7 Å². The van der Waals surface area contributed by atoms with E-state index in [1.54, 1.807) is 18.2 Å². The minimum Gasteiger partial charge on any atom is -0.492 e. The Morgan fingerprint density at radius 1 is 1.43 bits per heavy atom. The Balaban J connectivity index is 2.10. The first-order valence-corrected chi connectivity index (χ1v) is 6.90. The normalized spacial score (nSPS) is 10.7. The molecule has 1 aromatic heterocycles. The number of carbonyl (C=O) groups excluding carboxylic acids is 1. The van der Waals surface area contributed by atoms with Crippen LogP contribution in [0.3, 0.4) is 0 Å². The maximum Gasteiger partial charge on any atom is 0.256 e. The Morgan fingerprint density at radius 3 is 2.76 bits per heavy atom. The van der Waals surface area contributed by atoms with E-state index in [0.29, 0.717) is 35.3 Å². The highest BCUT2D eigenvalue weighted by Gasteiger charge is 2.11. The lowest BCUT2D eigenvalue weighted by Crippen LogP contribution is -2.12. The average Bonchev–Trinajstić information content (AvgIpc) is 2.90. The first-order valence-electron chi connectivity index (χ1n) is 6.90. The number of carbonyl (C=O) groups is 1. The molecular formula is C15H20N4O2. The Kier molecular flexibility index (Phi) is 4.47. The molecule has 1 aromatic carbocycles. The van der Waals surface area contributed by atoms with Gasteiger partial charge >= 0.3 is 0 Å². The molecule has 0 aliphatic rings. The van der Waals surface area contributed by atoms with Gasteiger partial charge in [0.15, 0.2) is 5.82 Å². The van der Waals surface area contributed by atoms with Crippen molar-refractivity contribution in [1.82, 2.24) is 10.2 Å². The van der Waals surface area contributed by atoms with Crippen LogP contribution in [0.2, 0.25) is 0 Å². The highest BCUT2D eigenvalue weighted by Crippen LogP contribution is 2.23. The standard InChI is InChI=1S/C15H20N4O2/c1-4-21-13-6-5-10(7-11(13)16)15(20)17-14-8-12(9(2)3)18-19-14/h5-9H,4,16H2,1-3H3,(H2,17,18,19,20). The summed E-state index contributed by atoms with van der Waals surface area (Å²) in [5.41, 5.74) is 7.73. The highest BCUT2D eigenvalue weighted by molar-refractivity contribution is 6.04. The third-order valence-corrected chi connectivity index (χ3v) is 3.03. The number of amides is 1. The summed E-state index contributed by atoms with van der Waals surface area (Å²) in [5, 5.41) is 9.68. The number of hydrogen-bond donors (Lipinski definition) is 3. The molecule has 1 heterocycles. The molecule has 21 heavy (non-hydrogen) atoms. The number of benzene rings is 1. The van der Waals surface area contributed by atoms with Gasteiger partial charge < -0.3 is 15.8 Å². The summed E-state index contributed by atoms with van der Waals surface area (Å²) in [6, 6.07) is 6.78. The number of aromatic amines is 1. The molecule has 2 rings (SSSR count). The quantitative estimate of drug-likeness (QED) is 0.737. The molecule has 0 fully saturated rings. The third-order valence-electron chi connectivity index (χ3n) is 3.03. The van der Waals surface area contributed by atoms with Gasteiger partial charge in [0, 0.05) is 17.3 Å². The van der Waals surface area contributed by atoms with Gasteiger partial charge in [0.25, 0.3) is 5.91 Å². The van der Waals surface area contributed by atoms with Gasteiger partial charge in [-0.3, -0.25) is 9.89 Å². The van der Waals surface area contributed by atoms with E-state index in [2.05, 4.69) is 15.5 Å². The van der Waals surface area contributed by atoms with Crippen molar-refractivity contribution < 1.29 is 9.53 Å². The van der Waals surface area contributed by atoms with Crippen molar-refractivity contribution >= 4 is 17.4 Å². The van der Waals surface area contributed by atoms with E-state index in [-0.39, 0.29) is 5.91 Å². The number of rotatable bonds is 5. The molecule has 0 atom stereocenters. The maximum atomic E-state index is 12.2. The number of nitrogens with one attached hydrogen (secondary N) is 2. The van der Waals surface area contributed by atoms with Crippen LogP contribution in [0, 0.1) is 0 Å². The van der Waals surface area contributed by atoms with Crippen LogP contribution < -0.4 is 15.8 Å². The minimum absolute atomic E-state index is 0.258. The van der Waals surface area contributed by atoms with Gasteiger partial charge in [0.1, 0.15) is 5.75 Å². The second-order valence-electron chi connectivity index (χ2n) is 5.00. The van der Waals surface area contributed by atoms with E-state index >= 15 is 0 Å². The van der Waals surface area contributed by atoms with Crippen LogP contribution in [0.5, 0.6) is 5.75 Å². The van der Waals surface area contributed by atoms with Crippen LogP contribution in [-0.2, 0) is 0 Å². The number of nitrogen functional groups attached to an aromatic ring is 1. The smallest absolute Gasteiger partial charge is 0.256 e. The van der Waals surface area contributed by atoms with E-state index in [9.17, 15) is 4.79 Å². The van der Waals surface area contributed by atoms with Gasteiger partial charge in [-0.25, -0.2) is 0 Å². The molecule has 6 heteroatoms. The molecule has 1 amide bonds. The molecule has 0 spiro atoms. The van der Waals surface area contributed by atoms with Crippen molar-refractivity contribution in [3.63, 3.8) is 0 Å². The predicted octanol–water partition coefficient (Wildman–Crippen LogP) is 2.77. The zero-order valence-electron chi connectivity index (χ0n) is 12.4. The van der Waals surface area contributed by atoms with E-state index in [4.69, 9.17) is 10.5 Å².